The minimum absolute atomic E-state index is 0. The van der Waals surface area contributed by atoms with E-state index in [0.717, 1.165) is 24.4 Å². The quantitative estimate of drug-likeness (QED) is 0.738. The SMILES string of the molecule is CSCC[C@H](N)C(=O)Nc1ccc(Cl)c(-n2nnnc2C2CC2)c1.Cl. The molecule has 1 saturated carbocycles. The van der Waals surface area contributed by atoms with Gasteiger partial charge in [-0.15, -0.1) is 17.5 Å². The van der Waals surface area contributed by atoms with Gasteiger partial charge in [0.15, 0.2) is 5.82 Å². The van der Waals surface area contributed by atoms with E-state index < -0.39 is 6.04 Å². The largest absolute Gasteiger partial charge is 0.325 e. The number of thioether (sulfide) groups is 1. The lowest BCUT2D eigenvalue weighted by Crippen LogP contribution is -2.36. The smallest absolute Gasteiger partial charge is 0.241 e. The van der Waals surface area contributed by atoms with Crippen molar-refractivity contribution >= 4 is 47.4 Å². The average molecular weight is 403 g/mol. The lowest BCUT2D eigenvalue weighted by atomic mass is 10.2. The van der Waals surface area contributed by atoms with Gasteiger partial charge in [0.05, 0.1) is 16.8 Å². The Morgan fingerprint density at radius 1 is 1.52 bits per heavy atom. The number of benzene rings is 1. The minimum atomic E-state index is -0.536. The summed E-state index contributed by atoms with van der Waals surface area (Å²) in [6.45, 7) is 0. The van der Waals surface area contributed by atoms with Crippen LogP contribution in [0.1, 0.15) is 31.0 Å². The number of aromatic nitrogens is 4. The zero-order valence-electron chi connectivity index (χ0n) is 13.7. The molecule has 3 N–H and O–H groups in total. The Morgan fingerprint density at radius 2 is 2.28 bits per heavy atom. The molecule has 0 unspecified atom stereocenters. The molecule has 25 heavy (non-hydrogen) atoms. The van der Waals surface area contributed by atoms with Crippen LogP contribution in [0.3, 0.4) is 0 Å². The number of nitrogens with one attached hydrogen (secondary N) is 1. The van der Waals surface area contributed by atoms with Crippen molar-refractivity contribution < 1.29 is 4.79 Å². The summed E-state index contributed by atoms with van der Waals surface area (Å²) in [6, 6.07) is 4.69. The third kappa shape index (κ3) is 4.84. The number of halogens is 2. The number of tetrazole rings is 1. The van der Waals surface area contributed by atoms with E-state index in [9.17, 15) is 4.79 Å². The number of nitrogens with zero attached hydrogens (tertiary/aromatic N) is 4. The normalized spacial score (nSPS) is 14.7. The molecule has 1 aromatic carbocycles. The second kappa shape index (κ2) is 8.84. The van der Waals surface area contributed by atoms with E-state index in [1.165, 1.54) is 0 Å². The van der Waals surface area contributed by atoms with Crippen LogP contribution in [-0.4, -0.2) is 44.2 Å². The predicted molar refractivity (Wildman–Crippen MR) is 103 cm³/mol. The van der Waals surface area contributed by atoms with Crippen molar-refractivity contribution in [3.63, 3.8) is 0 Å². The highest BCUT2D eigenvalue weighted by atomic mass is 35.5. The van der Waals surface area contributed by atoms with Crippen molar-refractivity contribution in [3.05, 3.63) is 29.0 Å². The second-order valence-electron chi connectivity index (χ2n) is 5.77. The van der Waals surface area contributed by atoms with Crippen molar-refractivity contribution in [2.45, 2.75) is 31.2 Å². The molecule has 1 heterocycles. The summed E-state index contributed by atoms with van der Waals surface area (Å²) in [5.41, 5.74) is 7.17. The third-order valence-electron chi connectivity index (χ3n) is 3.85. The van der Waals surface area contributed by atoms with Crippen molar-refractivity contribution in [2.75, 3.05) is 17.3 Å². The van der Waals surface area contributed by atoms with E-state index in [4.69, 9.17) is 17.3 Å². The third-order valence-corrected chi connectivity index (χ3v) is 4.81. The molecule has 0 radical (unpaired) electrons. The molecule has 10 heteroatoms. The Kier molecular flexibility index (Phi) is 7.06. The van der Waals surface area contributed by atoms with E-state index in [-0.39, 0.29) is 18.3 Å². The number of rotatable bonds is 7. The molecule has 1 fully saturated rings. The van der Waals surface area contributed by atoms with Crippen molar-refractivity contribution in [1.82, 2.24) is 20.2 Å². The summed E-state index contributed by atoms with van der Waals surface area (Å²) in [7, 11) is 0. The van der Waals surface area contributed by atoms with Gasteiger partial charge in [-0.3, -0.25) is 4.79 Å². The topological polar surface area (TPSA) is 98.7 Å². The molecule has 136 valence electrons. The molecule has 1 aliphatic rings. The van der Waals surface area contributed by atoms with Gasteiger partial charge < -0.3 is 11.1 Å². The van der Waals surface area contributed by atoms with Crippen molar-refractivity contribution in [1.29, 1.82) is 0 Å². The Labute approximate surface area is 161 Å². The number of amides is 1. The monoisotopic (exact) mass is 402 g/mol. The second-order valence-corrected chi connectivity index (χ2v) is 7.16. The summed E-state index contributed by atoms with van der Waals surface area (Å²) in [5, 5.41) is 15.2. The van der Waals surface area contributed by atoms with Gasteiger partial charge in [0, 0.05) is 11.6 Å². The molecule has 7 nitrogen and oxygen atoms in total. The Hall–Kier alpha value is -1.35. The van der Waals surface area contributed by atoms with Gasteiger partial charge in [-0.05, 0) is 59.9 Å². The Bertz CT molecular complexity index is 737. The molecule has 2 aromatic rings. The highest BCUT2D eigenvalue weighted by molar-refractivity contribution is 7.98. The van der Waals surface area contributed by atoms with Gasteiger partial charge in [0.25, 0.3) is 0 Å². The van der Waals surface area contributed by atoms with Crippen molar-refractivity contribution in [3.8, 4) is 5.69 Å². The van der Waals surface area contributed by atoms with Crippen LogP contribution in [0.2, 0.25) is 5.02 Å². The molecule has 0 aliphatic heterocycles. The van der Waals surface area contributed by atoms with Crippen LogP contribution in [0.25, 0.3) is 5.69 Å². The molecular formula is C15H20Cl2N6OS. The first kappa shape index (κ1) is 20.0. The highest BCUT2D eigenvalue weighted by Gasteiger charge is 2.30. The zero-order chi connectivity index (χ0) is 17.1. The maximum Gasteiger partial charge on any atom is 0.241 e. The van der Waals surface area contributed by atoms with E-state index in [2.05, 4.69) is 20.8 Å². The van der Waals surface area contributed by atoms with Crippen LogP contribution in [-0.2, 0) is 4.79 Å². The summed E-state index contributed by atoms with van der Waals surface area (Å²) in [4.78, 5) is 12.2. The molecule has 3 rings (SSSR count). The van der Waals surface area contributed by atoms with Gasteiger partial charge in [-0.25, -0.2) is 0 Å². The van der Waals surface area contributed by atoms with Crippen LogP contribution in [0.5, 0.6) is 0 Å². The average Bonchev–Trinajstić information content (AvgIpc) is 3.31. The fourth-order valence-corrected chi connectivity index (χ4v) is 3.01. The lowest BCUT2D eigenvalue weighted by Gasteiger charge is -2.13. The van der Waals surface area contributed by atoms with Crippen LogP contribution in [0.15, 0.2) is 18.2 Å². The molecule has 1 aliphatic carbocycles. The summed E-state index contributed by atoms with van der Waals surface area (Å²) in [6.07, 6.45) is 4.78. The minimum Gasteiger partial charge on any atom is -0.325 e. The number of carbonyl (C=O) groups is 1. The lowest BCUT2D eigenvalue weighted by molar-refractivity contribution is -0.117. The number of hydrogen-bond donors (Lipinski definition) is 2. The number of hydrogen-bond acceptors (Lipinski definition) is 6. The number of carbonyl (C=O) groups excluding carboxylic acids is 1. The van der Waals surface area contributed by atoms with Crippen LogP contribution >= 0.6 is 35.8 Å². The summed E-state index contributed by atoms with van der Waals surface area (Å²) < 4.78 is 1.64. The number of anilines is 1. The first-order chi connectivity index (χ1) is 11.6. The van der Waals surface area contributed by atoms with E-state index in [1.807, 2.05) is 6.26 Å². The number of nitrogens with two attached hydrogens (primary N) is 1. The van der Waals surface area contributed by atoms with Gasteiger partial charge in [-0.1, -0.05) is 11.6 Å². The Morgan fingerprint density at radius 3 is 2.96 bits per heavy atom. The maximum absolute atomic E-state index is 12.2. The molecule has 0 bridgehead atoms. The van der Waals surface area contributed by atoms with E-state index >= 15 is 0 Å². The Balaban J connectivity index is 0.00000225. The molecule has 0 spiro atoms. The predicted octanol–water partition coefficient (Wildman–Crippen LogP) is 2.63. The first-order valence-corrected chi connectivity index (χ1v) is 9.51. The van der Waals surface area contributed by atoms with Crippen molar-refractivity contribution in [2.24, 2.45) is 5.73 Å². The fraction of sp³-hybridized carbons (Fsp3) is 0.467. The molecule has 1 amide bonds. The van der Waals surface area contributed by atoms with Crippen LogP contribution in [0, 0.1) is 0 Å². The van der Waals surface area contributed by atoms with Crippen LogP contribution < -0.4 is 11.1 Å². The first-order valence-electron chi connectivity index (χ1n) is 7.73. The van der Waals surface area contributed by atoms with E-state index in [0.29, 0.717) is 28.7 Å². The van der Waals surface area contributed by atoms with Gasteiger partial charge in [0.2, 0.25) is 5.91 Å². The van der Waals surface area contributed by atoms with Crippen LogP contribution in [0.4, 0.5) is 5.69 Å². The molecule has 1 atom stereocenters. The highest BCUT2D eigenvalue weighted by Crippen LogP contribution is 2.39. The van der Waals surface area contributed by atoms with Gasteiger partial charge in [-0.2, -0.15) is 16.4 Å². The molecular weight excluding hydrogens is 383 g/mol. The van der Waals surface area contributed by atoms with Gasteiger partial charge in [0.1, 0.15) is 0 Å². The fourth-order valence-electron chi connectivity index (χ4n) is 2.33. The standard InChI is InChI=1S/C15H19ClN6OS.ClH/c1-24-7-6-12(17)15(23)18-10-4-5-11(16)13(8-10)22-14(9-2-3-9)19-20-21-22;/h4-5,8-9,12H,2-3,6-7,17H2,1H3,(H,18,23);1H/t12-;/m0./s1. The molecule has 1 aromatic heterocycles. The maximum atomic E-state index is 12.2. The summed E-state index contributed by atoms with van der Waals surface area (Å²) in [5.74, 6) is 1.82. The molecule has 0 saturated heterocycles. The van der Waals surface area contributed by atoms with E-state index in [1.54, 1.807) is 34.6 Å². The van der Waals surface area contributed by atoms with Gasteiger partial charge >= 0.3 is 0 Å². The zero-order valence-corrected chi connectivity index (χ0v) is 16.1. The summed E-state index contributed by atoms with van der Waals surface area (Å²) >= 11 is 7.96.